The topological polar surface area (TPSA) is 39.1 Å². The van der Waals surface area contributed by atoms with Crippen molar-refractivity contribution in [1.29, 1.82) is 0 Å². The lowest BCUT2D eigenvalue weighted by Gasteiger charge is -2.09. The average molecular weight is 310 g/mol. The van der Waals surface area contributed by atoms with E-state index < -0.39 is 0 Å². The molecular weight excluding hydrogens is 294 g/mol. The van der Waals surface area contributed by atoms with Gasteiger partial charge >= 0.3 is 0 Å². The van der Waals surface area contributed by atoms with E-state index in [2.05, 4.69) is 26.2 Å². The molecule has 1 heterocycles. The van der Waals surface area contributed by atoms with Gasteiger partial charge in [0, 0.05) is 36.5 Å². The second-order valence-electron chi connectivity index (χ2n) is 3.93. The van der Waals surface area contributed by atoms with Crippen LogP contribution in [0, 0.1) is 0 Å². The lowest BCUT2D eigenvalue weighted by atomic mass is 10.2. The maximum absolute atomic E-state index is 5.21. The first-order valence-electron chi connectivity index (χ1n) is 5.78. The first-order valence-corrected chi connectivity index (χ1v) is 6.58. The largest absolute Gasteiger partial charge is 0.497 e. The molecule has 18 heavy (non-hydrogen) atoms. The Hall–Kier alpha value is -1.33. The molecule has 1 aromatic heterocycles. The number of halogens is 1. The molecule has 0 unspecified atom stereocenters. The van der Waals surface area contributed by atoms with Gasteiger partial charge in [-0.25, -0.2) is 4.98 Å². The molecule has 0 fully saturated rings. The maximum atomic E-state index is 5.21. The third-order valence-electron chi connectivity index (χ3n) is 2.67. The highest BCUT2D eigenvalue weighted by Gasteiger charge is 2.01. The number of imidazole rings is 1. The summed E-state index contributed by atoms with van der Waals surface area (Å²) in [6.07, 6.45) is 5.57. The summed E-state index contributed by atoms with van der Waals surface area (Å²) in [5, 5.41) is 3.40. The normalized spacial score (nSPS) is 10.6. The van der Waals surface area contributed by atoms with Crippen LogP contribution in [0.5, 0.6) is 5.75 Å². The van der Waals surface area contributed by atoms with Crippen LogP contribution in [0.15, 0.2) is 41.4 Å². The van der Waals surface area contributed by atoms with Crippen LogP contribution in [-0.4, -0.2) is 23.2 Å². The second kappa shape index (κ2) is 6.56. The zero-order chi connectivity index (χ0) is 12.8. The van der Waals surface area contributed by atoms with Crippen molar-refractivity contribution in [3.05, 3.63) is 47.0 Å². The van der Waals surface area contributed by atoms with Crippen LogP contribution in [0.25, 0.3) is 0 Å². The lowest BCUT2D eigenvalue weighted by Crippen LogP contribution is -2.19. The van der Waals surface area contributed by atoms with E-state index in [-0.39, 0.29) is 0 Å². The Balaban J connectivity index is 1.82. The highest BCUT2D eigenvalue weighted by molar-refractivity contribution is 9.10. The number of methoxy groups -OCH3 is 1. The standard InChI is InChI=1S/C13H16BrN3O/c1-18-12-2-3-13(14)11(8-12)9-15-4-6-17-7-5-16-10-17/h2-3,5,7-8,10,15H,4,6,9H2,1H3. The van der Waals surface area contributed by atoms with Gasteiger partial charge in [-0.1, -0.05) is 15.9 Å². The molecule has 0 saturated heterocycles. The number of hydrogen-bond acceptors (Lipinski definition) is 3. The fourth-order valence-corrected chi connectivity index (χ4v) is 2.05. The molecule has 0 saturated carbocycles. The number of aromatic nitrogens is 2. The smallest absolute Gasteiger partial charge is 0.119 e. The predicted molar refractivity (Wildman–Crippen MR) is 74.6 cm³/mol. The van der Waals surface area contributed by atoms with E-state index in [1.54, 1.807) is 13.3 Å². The molecule has 0 aliphatic carbocycles. The molecule has 0 bridgehead atoms. The Labute approximate surface area is 115 Å². The van der Waals surface area contributed by atoms with Crippen molar-refractivity contribution >= 4 is 15.9 Å². The van der Waals surface area contributed by atoms with Crippen LogP contribution >= 0.6 is 15.9 Å². The van der Waals surface area contributed by atoms with Gasteiger partial charge in [-0.2, -0.15) is 0 Å². The van der Waals surface area contributed by atoms with Crippen molar-refractivity contribution in [2.24, 2.45) is 0 Å². The van der Waals surface area contributed by atoms with Crippen molar-refractivity contribution in [1.82, 2.24) is 14.9 Å². The van der Waals surface area contributed by atoms with E-state index in [9.17, 15) is 0 Å². The maximum Gasteiger partial charge on any atom is 0.119 e. The number of nitrogens with zero attached hydrogens (tertiary/aromatic N) is 2. The molecule has 0 spiro atoms. The van der Waals surface area contributed by atoms with E-state index in [1.165, 1.54) is 5.56 Å². The Morgan fingerprint density at radius 3 is 3.06 bits per heavy atom. The van der Waals surface area contributed by atoms with Gasteiger partial charge in [0.1, 0.15) is 5.75 Å². The third kappa shape index (κ3) is 3.58. The fraction of sp³-hybridized carbons (Fsp3) is 0.308. The predicted octanol–water partition coefficient (Wildman–Crippen LogP) is 2.44. The molecule has 0 aliphatic heterocycles. The number of ether oxygens (including phenoxy) is 1. The summed E-state index contributed by atoms with van der Waals surface area (Å²) >= 11 is 3.54. The van der Waals surface area contributed by atoms with Gasteiger partial charge < -0.3 is 14.6 Å². The molecule has 96 valence electrons. The van der Waals surface area contributed by atoms with Gasteiger partial charge in [0.15, 0.2) is 0 Å². The Bertz CT molecular complexity index is 485. The quantitative estimate of drug-likeness (QED) is 0.833. The van der Waals surface area contributed by atoms with Crippen molar-refractivity contribution in [2.75, 3.05) is 13.7 Å². The number of benzene rings is 1. The zero-order valence-corrected chi connectivity index (χ0v) is 11.9. The number of rotatable bonds is 6. The van der Waals surface area contributed by atoms with E-state index in [0.29, 0.717) is 0 Å². The summed E-state index contributed by atoms with van der Waals surface area (Å²) in [6, 6.07) is 5.99. The Morgan fingerprint density at radius 1 is 1.44 bits per heavy atom. The minimum Gasteiger partial charge on any atom is -0.497 e. The third-order valence-corrected chi connectivity index (χ3v) is 3.45. The van der Waals surface area contributed by atoms with Gasteiger partial charge in [0.2, 0.25) is 0 Å². The second-order valence-corrected chi connectivity index (χ2v) is 4.79. The van der Waals surface area contributed by atoms with Gasteiger partial charge in [-0.05, 0) is 23.8 Å². The van der Waals surface area contributed by atoms with Crippen LogP contribution in [0.2, 0.25) is 0 Å². The molecule has 4 nitrogen and oxygen atoms in total. The van der Waals surface area contributed by atoms with Gasteiger partial charge in [0.05, 0.1) is 13.4 Å². The van der Waals surface area contributed by atoms with Crippen LogP contribution in [0.1, 0.15) is 5.56 Å². The van der Waals surface area contributed by atoms with E-state index in [1.807, 2.05) is 35.3 Å². The molecule has 1 N–H and O–H groups in total. The van der Waals surface area contributed by atoms with Crippen LogP contribution in [0.3, 0.4) is 0 Å². The summed E-state index contributed by atoms with van der Waals surface area (Å²) in [7, 11) is 1.68. The summed E-state index contributed by atoms with van der Waals surface area (Å²) < 4.78 is 8.36. The first kappa shape index (κ1) is 13.1. The molecule has 0 amide bonds. The SMILES string of the molecule is COc1ccc(Br)c(CNCCn2ccnc2)c1. The van der Waals surface area contributed by atoms with Gasteiger partial charge in [0.25, 0.3) is 0 Å². The van der Waals surface area contributed by atoms with Crippen LogP contribution in [-0.2, 0) is 13.1 Å². The Morgan fingerprint density at radius 2 is 2.33 bits per heavy atom. The lowest BCUT2D eigenvalue weighted by molar-refractivity contribution is 0.414. The summed E-state index contributed by atoms with van der Waals surface area (Å²) in [6.45, 7) is 2.63. The summed E-state index contributed by atoms with van der Waals surface area (Å²) in [5.74, 6) is 0.879. The monoisotopic (exact) mass is 309 g/mol. The van der Waals surface area contributed by atoms with Crippen molar-refractivity contribution in [3.8, 4) is 5.75 Å². The van der Waals surface area contributed by atoms with Crippen LogP contribution < -0.4 is 10.1 Å². The van der Waals surface area contributed by atoms with E-state index >= 15 is 0 Å². The first-order chi connectivity index (χ1) is 8.79. The van der Waals surface area contributed by atoms with Crippen molar-refractivity contribution in [2.45, 2.75) is 13.1 Å². The number of nitrogens with one attached hydrogen (secondary N) is 1. The fourth-order valence-electron chi connectivity index (χ4n) is 1.66. The molecule has 2 rings (SSSR count). The van der Waals surface area contributed by atoms with E-state index in [0.717, 1.165) is 29.9 Å². The molecule has 0 aliphatic rings. The molecule has 5 heteroatoms. The minimum atomic E-state index is 0.812. The Kier molecular flexibility index (Phi) is 4.78. The van der Waals surface area contributed by atoms with E-state index in [4.69, 9.17) is 4.74 Å². The molecular formula is C13H16BrN3O. The van der Waals surface area contributed by atoms with Crippen molar-refractivity contribution in [3.63, 3.8) is 0 Å². The molecule has 1 aromatic carbocycles. The van der Waals surface area contributed by atoms with Crippen molar-refractivity contribution < 1.29 is 4.74 Å². The summed E-state index contributed by atoms with van der Waals surface area (Å²) in [4.78, 5) is 4.01. The highest BCUT2D eigenvalue weighted by Crippen LogP contribution is 2.22. The van der Waals surface area contributed by atoms with Gasteiger partial charge in [-0.15, -0.1) is 0 Å². The summed E-state index contributed by atoms with van der Waals surface area (Å²) in [5.41, 5.74) is 1.19. The zero-order valence-electron chi connectivity index (χ0n) is 10.3. The molecule has 2 aromatic rings. The van der Waals surface area contributed by atoms with Crippen LogP contribution in [0.4, 0.5) is 0 Å². The molecule has 0 radical (unpaired) electrons. The van der Waals surface area contributed by atoms with Gasteiger partial charge in [-0.3, -0.25) is 0 Å². The minimum absolute atomic E-state index is 0.812. The average Bonchev–Trinajstić information content (AvgIpc) is 2.89. The highest BCUT2D eigenvalue weighted by atomic mass is 79.9. The molecule has 0 atom stereocenters. The number of hydrogen-bond donors (Lipinski definition) is 1.